The summed E-state index contributed by atoms with van der Waals surface area (Å²) in [5.74, 6) is -0.469. The lowest BCUT2D eigenvalue weighted by Gasteiger charge is -2.05. The topological polar surface area (TPSA) is 52.6 Å². The molecule has 0 saturated carbocycles. The first kappa shape index (κ1) is 12.7. The van der Waals surface area contributed by atoms with Crippen molar-refractivity contribution in [2.24, 2.45) is 0 Å². The van der Waals surface area contributed by atoms with Crippen LogP contribution < -0.4 is 0 Å². The number of carbonyl (C=O) groups excluding carboxylic acids is 2. The van der Waals surface area contributed by atoms with Crippen LogP contribution >= 0.6 is 0 Å². The van der Waals surface area contributed by atoms with Crippen molar-refractivity contribution < 1.29 is 19.1 Å². The fourth-order valence-corrected chi connectivity index (χ4v) is 1.41. The van der Waals surface area contributed by atoms with Gasteiger partial charge in [0.1, 0.15) is 0 Å². The van der Waals surface area contributed by atoms with Crippen LogP contribution in [0.25, 0.3) is 0 Å². The van der Waals surface area contributed by atoms with E-state index >= 15 is 0 Å². The van der Waals surface area contributed by atoms with Crippen LogP contribution in [0.2, 0.25) is 0 Å². The Bertz CT molecular complexity index is 232. The number of hydrogen-bond acceptors (Lipinski definition) is 4. The molecule has 90 valence electrons. The van der Waals surface area contributed by atoms with E-state index in [4.69, 9.17) is 9.47 Å². The van der Waals surface area contributed by atoms with Crippen molar-refractivity contribution in [3.63, 3.8) is 0 Å². The lowest BCUT2D eigenvalue weighted by molar-refractivity contribution is -0.144. The highest BCUT2D eigenvalue weighted by Crippen LogP contribution is 2.03. The van der Waals surface area contributed by atoms with Crippen molar-refractivity contribution >= 4 is 11.9 Å². The molecule has 0 saturated heterocycles. The molecule has 0 unspecified atom stereocenters. The van der Waals surface area contributed by atoms with Gasteiger partial charge in [0.05, 0.1) is 26.1 Å². The molecule has 1 rings (SSSR count). The molecule has 1 aliphatic heterocycles. The summed E-state index contributed by atoms with van der Waals surface area (Å²) < 4.78 is 10.0. The van der Waals surface area contributed by atoms with E-state index in [1.165, 1.54) is 0 Å². The summed E-state index contributed by atoms with van der Waals surface area (Å²) in [6, 6.07) is 0. The summed E-state index contributed by atoms with van der Waals surface area (Å²) in [5, 5.41) is 0. The van der Waals surface area contributed by atoms with Gasteiger partial charge in [0.15, 0.2) is 0 Å². The molecule has 1 aliphatic rings. The predicted molar refractivity (Wildman–Crippen MR) is 58.8 cm³/mol. The van der Waals surface area contributed by atoms with Gasteiger partial charge >= 0.3 is 11.9 Å². The van der Waals surface area contributed by atoms with Crippen LogP contribution in [0.1, 0.15) is 38.5 Å². The molecule has 4 heteroatoms. The molecule has 0 aromatic rings. The summed E-state index contributed by atoms with van der Waals surface area (Å²) >= 11 is 0. The normalized spacial score (nSPS) is 20.8. The van der Waals surface area contributed by atoms with E-state index in [0.29, 0.717) is 13.2 Å². The minimum atomic E-state index is -0.235. The van der Waals surface area contributed by atoms with E-state index in [1.54, 1.807) is 12.2 Å². The van der Waals surface area contributed by atoms with E-state index in [-0.39, 0.29) is 24.8 Å². The summed E-state index contributed by atoms with van der Waals surface area (Å²) in [6.45, 7) is 0.985. The summed E-state index contributed by atoms with van der Waals surface area (Å²) in [7, 11) is 0. The molecule has 4 nitrogen and oxygen atoms in total. The Morgan fingerprint density at radius 3 is 1.62 bits per heavy atom. The molecule has 0 aliphatic carbocycles. The summed E-state index contributed by atoms with van der Waals surface area (Å²) in [5.41, 5.74) is 0. The maximum absolute atomic E-state index is 11.1. The van der Waals surface area contributed by atoms with Gasteiger partial charge < -0.3 is 9.47 Å². The van der Waals surface area contributed by atoms with Gasteiger partial charge in [0.2, 0.25) is 0 Å². The van der Waals surface area contributed by atoms with Crippen LogP contribution in [-0.2, 0) is 19.1 Å². The molecule has 0 spiro atoms. The third kappa shape index (κ3) is 6.22. The van der Waals surface area contributed by atoms with E-state index < -0.39 is 0 Å². The van der Waals surface area contributed by atoms with Crippen molar-refractivity contribution in [1.82, 2.24) is 0 Å². The highest BCUT2D eigenvalue weighted by Gasteiger charge is 2.03. The fraction of sp³-hybridized carbons (Fsp3) is 0.667. The Balaban J connectivity index is 2.34. The molecule has 0 atom stereocenters. The number of esters is 2. The maximum atomic E-state index is 11.1. The summed E-state index contributed by atoms with van der Waals surface area (Å²) in [6.07, 6.45) is 7.51. The molecule has 16 heavy (non-hydrogen) atoms. The van der Waals surface area contributed by atoms with Gasteiger partial charge in [-0.05, 0) is 25.7 Å². The maximum Gasteiger partial charge on any atom is 0.309 e. The van der Waals surface area contributed by atoms with Gasteiger partial charge in [-0.2, -0.15) is 0 Å². The Kier molecular flexibility index (Phi) is 6.30. The van der Waals surface area contributed by atoms with E-state index in [2.05, 4.69) is 0 Å². The first-order valence-corrected chi connectivity index (χ1v) is 5.75. The van der Waals surface area contributed by atoms with Gasteiger partial charge in [-0.25, -0.2) is 0 Å². The molecule has 0 fully saturated rings. The minimum absolute atomic E-state index is 0.229. The second-order valence-corrected chi connectivity index (χ2v) is 3.73. The van der Waals surface area contributed by atoms with Crippen molar-refractivity contribution in [1.29, 1.82) is 0 Å². The zero-order valence-corrected chi connectivity index (χ0v) is 9.44. The average Bonchev–Trinajstić information content (AvgIpc) is 2.27. The number of hydrogen-bond donors (Lipinski definition) is 0. The first-order chi connectivity index (χ1) is 7.79. The number of carbonyl (C=O) groups is 2. The van der Waals surface area contributed by atoms with Crippen LogP contribution in [0, 0.1) is 0 Å². The van der Waals surface area contributed by atoms with Crippen LogP contribution in [0.5, 0.6) is 0 Å². The SMILES string of the molecule is O=C1CC=CCC(=O)OCCCCCCO1. The van der Waals surface area contributed by atoms with Crippen molar-refractivity contribution in [2.75, 3.05) is 13.2 Å². The van der Waals surface area contributed by atoms with Crippen molar-refractivity contribution in [2.45, 2.75) is 38.5 Å². The van der Waals surface area contributed by atoms with Crippen LogP contribution in [-0.4, -0.2) is 25.2 Å². The van der Waals surface area contributed by atoms with Crippen molar-refractivity contribution in [3.05, 3.63) is 12.2 Å². The molecule has 0 aromatic heterocycles. The molecule has 0 bridgehead atoms. The standard InChI is InChI=1S/C12H18O4/c13-11-7-3-4-8-12(14)16-10-6-2-1-5-9-15-11/h3-4H,1-2,5-10H2. The third-order valence-corrected chi connectivity index (χ3v) is 2.30. The van der Waals surface area contributed by atoms with Gasteiger partial charge in [-0.15, -0.1) is 0 Å². The van der Waals surface area contributed by atoms with Gasteiger partial charge in [0, 0.05) is 0 Å². The zero-order valence-electron chi connectivity index (χ0n) is 9.44. The monoisotopic (exact) mass is 226 g/mol. The van der Waals surface area contributed by atoms with E-state index in [0.717, 1.165) is 25.7 Å². The first-order valence-electron chi connectivity index (χ1n) is 5.75. The van der Waals surface area contributed by atoms with Crippen LogP contribution in [0.15, 0.2) is 12.2 Å². The number of ether oxygens (including phenoxy) is 2. The molecular formula is C12H18O4. The Morgan fingerprint density at radius 1 is 0.750 bits per heavy atom. The Hall–Kier alpha value is -1.32. The third-order valence-electron chi connectivity index (χ3n) is 2.30. The van der Waals surface area contributed by atoms with Crippen LogP contribution in [0.4, 0.5) is 0 Å². The molecule has 0 N–H and O–H groups in total. The van der Waals surface area contributed by atoms with Crippen molar-refractivity contribution in [3.8, 4) is 0 Å². The zero-order chi connectivity index (χ0) is 11.6. The number of rotatable bonds is 0. The molecule has 1 heterocycles. The largest absolute Gasteiger partial charge is 0.465 e. The molecule has 0 amide bonds. The van der Waals surface area contributed by atoms with Gasteiger partial charge in [-0.3, -0.25) is 9.59 Å². The highest BCUT2D eigenvalue weighted by molar-refractivity contribution is 5.73. The van der Waals surface area contributed by atoms with Crippen LogP contribution in [0.3, 0.4) is 0 Å². The quantitative estimate of drug-likeness (QED) is 0.468. The van der Waals surface area contributed by atoms with Gasteiger partial charge in [-0.1, -0.05) is 12.2 Å². The smallest absolute Gasteiger partial charge is 0.309 e. The summed E-state index contributed by atoms with van der Waals surface area (Å²) in [4.78, 5) is 22.3. The lowest BCUT2D eigenvalue weighted by Crippen LogP contribution is -2.07. The van der Waals surface area contributed by atoms with E-state index in [1.807, 2.05) is 0 Å². The fourth-order valence-electron chi connectivity index (χ4n) is 1.41. The molecular weight excluding hydrogens is 208 g/mol. The highest BCUT2D eigenvalue weighted by atomic mass is 16.5. The second-order valence-electron chi connectivity index (χ2n) is 3.73. The minimum Gasteiger partial charge on any atom is -0.465 e. The number of cyclic esters (lactones) is 2. The van der Waals surface area contributed by atoms with Gasteiger partial charge in [0.25, 0.3) is 0 Å². The average molecular weight is 226 g/mol. The Morgan fingerprint density at radius 2 is 1.19 bits per heavy atom. The molecule has 0 aromatic carbocycles. The Labute approximate surface area is 95.6 Å². The predicted octanol–water partition coefficient (Wildman–Crippen LogP) is 1.98. The lowest BCUT2D eigenvalue weighted by atomic mass is 10.2. The second kappa shape index (κ2) is 7.91. The van der Waals surface area contributed by atoms with E-state index in [9.17, 15) is 9.59 Å². The molecule has 0 radical (unpaired) electrons.